The minimum Gasteiger partial charge on any atom is -0.497 e. The number of benzene rings is 1. The molecular formula is C19H28N2O3. The third-order valence-corrected chi connectivity index (χ3v) is 4.79. The molecule has 0 aliphatic carbocycles. The van der Waals surface area contributed by atoms with Crippen molar-refractivity contribution in [2.75, 3.05) is 26.7 Å². The van der Waals surface area contributed by atoms with Crippen LogP contribution in [0.5, 0.6) is 5.75 Å². The van der Waals surface area contributed by atoms with Gasteiger partial charge in [0.15, 0.2) is 0 Å². The van der Waals surface area contributed by atoms with Gasteiger partial charge in [-0.25, -0.2) is 0 Å². The van der Waals surface area contributed by atoms with Crippen LogP contribution in [0.1, 0.15) is 25.8 Å². The van der Waals surface area contributed by atoms with Gasteiger partial charge in [0.2, 0.25) is 5.91 Å². The predicted molar refractivity (Wildman–Crippen MR) is 92.9 cm³/mol. The van der Waals surface area contributed by atoms with Crippen molar-refractivity contribution in [3.8, 4) is 5.75 Å². The Morgan fingerprint density at radius 1 is 1.42 bits per heavy atom. The third kappa shape index (κ3) is 4.08. The van der Waals surface area contributed by atoms with Crippen molar-refractivity contribution in [3.05, 3.63) is 29.8 Å². The number of ether oxygens (including phenoxy) is 2. The number of carbonyl (C=O) groups is 1. The van der Waals surface area contributed by atoms with E-state index in [-0.39, 0.29) is 24.0 Å². The summed E-state index contributed by atoms with van der Waals surface area (Å²) >= 11 is 0. The van der Waals surface area contributed by atoms with Gasteiger partial charge in [-0.15, -0.1) is 0 Å². The van der Waals surface area contributed by atoms with Crippen LogP contribution in [-0.2, 0) is 16.1 Å². The van der Waals surface area contributed by atoms with Gasteiger partial charge in [-0.1, -0.05) is 26.0 Å². The minimum atomic E-state index is -0.0101. The first-order valence-corrected chi connectivity index (χ1v) is 8.83. The molecule has 2 bridgehead atoms. The molecule has 0 aromatic heterocycles. The molecule has 0 unspecified atom stereocenters. The maximum Gasteiger partial charge on any atom is 0.225 e. The molecule has 1 N–H and O–H groups in total. The third-order valence-electron chi connectivity index (χ3n) is 4.79. The first kappa shape index (κ1) is 17.2. The maximum atomic E-state index is 12.4. The van der Waals surface area contributed by atoms with E-state index in [4.69, 9.17) is 9.47 Å². The highest BCUT2D eigenvalue weighted by Gasteiger charge is 2.44. The number of hydrogen-bond acceptors (Lipinski definition) is 4. The Kier molecular flexibility index (Phi) is 5.41. The lowest BCUT2D eigenvalue weighted by Gasteiger charge is -2.32. The van der Waals surface area contributed by atoms with Gasteiger partial charge in [-0.05, 0) is 30.0 Å². The maximum absolute atomic E-state index is 12.4. The van der Waals surface area contributed by atoms with E-state index in [0.717, 1.165) is 38.3 Å². The summed E-state index contributed by atoms with van der Waals surface area (Å²) in [4.78, 5) is 14.8. The molecule has 3 atom stereocenters. The summed E-state index contributed by atoms with van der Waals surface area (Å²) in [6.07, 6.45) is 1.02. The number of hydrogen-bond donors (Lipinski definition) is 1. The lowest BCUT2D eigenvalue weighted by molar-refractivity contribution is -0.128. The predicted octanol–water partition coefficient (Wildman–Crippen LogP) is 2.06. The summed E-state index contributed by atoms with van der Waals surface area (Å²) in [6.45, 7) is 7.53. The summed E-state index contributed by atoms with van der Waals surface area (Å²) in [6, 6.07) is 8.17. The molecular weight excluding hydrogens is 304 g/mol. The molecule has 1 aromatic rings. The molecule has 2 fully saturated rings. The van der Waals surface area contributed by atoms with Crippen LogP contribution < -0.4 is 10.1 Å². The molecule has 1 amide bonds. The molecule has 2 aliphatic rings. The number of methoxy groups -OCH3 is 1. The van der Waals surface area contributed by atoms with Crippen LogP contribution in [-0.4, -0.2) is 49.8 Å². The van der Waals surface area contributed by atoms with Gasteiger partial charge in [0, 0.05) is 26.2 Å². The Balaban J connectivity index is 1.58. The Labute approximate surface area is 144 Å². The van der Waals surface area contributed by atoms with E-state index in [0.29, 0.717) is 5.92 Å². The summed E-state index contributed by atoms with van der Waals surface area (Å²) in [5.41, 5.74) is 1.23. The molecule has 1 aromatic carbocycles. The fourth-order valence-electron chi connectivity index (χ4n) is 3.61. The number of nitrogens with zero attached hydrogens (tertiary/aromatic N) is 1. The minimum absolute atomic E-state index is 0.0101. The molecule has 24 heavy (non-hydrogen) atoms. The number of likely N-dealkylation sites (tertiary alicyclic amines) is 1. The molecule has 5 nitrogen and oxygen atoms in total. The van der Waals surface area contributed by atoms with Gasteiger partial charge in [-0.2, -0.15) is 0 Å². The van der Waals surface area contributed by atoms with Crippen molar-refractivity contribution in [1.29, 1.82) is 0 Å². The zero-order valence-corrected chi connectivity index (χ0v) is 14.8. The molecule has 3 rings (SSSR count). The Bertz CT molecular complexity index is 575. The zero-order valence-electron chi connectivity index (χ0n) is 14.8. The second kappa shape index (κ2) is 7.53. The summed E-state index contributed by atoms with van der Waals surface area (Å²) in [5, 5.41) is 3.06. The van der Waals surface area contributed by atoms with Crippen molar-refractivity contribution < 1.29 is 14.3 Å². The van der Waals surface area contributed by atoms with Gasteiger partial charge in [0.1, 0.15) is 5.75 Å². The van der Waals surface area contributed by atoms with Gasteiger partial charge in [-0.3, -0.25) is 9.69 Å². The fourth-order valence-corrected chi connectivity index (χ4v) is 3.61. The highest BCUT2D eigenvalue weighted by atomic mass is 16.5. The van der Waals surface area contributed by atoms with E-state index in [9.17, 15) is 4.79 Å². The van der Waals surface area contributed by atoms with Gasteiger partial charge >= 0.3 is 0 Å². The monoisotopic (exact) mass is 332 g/mol. The van der Waals surface area contributed by atoms with Crippen LogP contribution in [0.4, 0.5) is 0 Å². The summed E-state index contributed by atoms with van der Waals surface area (Å²) in [7, 11) is 1.69. The standard InChI is InChI=1S/C19H28N2O3/c1-13(2)9-20-19(22)17-8-16-11-21(12-18(17)24-16)10-14-5-4-6-15(7-14)23-3/h4-7,13,16-18H,8-12H2,1-3H3,(H,20,22)/t16-,17+,18-/m1/s1. The average molecular weight is 332 g/mol. The molecule has 0 saturated carbocycles. The van der Waals surface area contributed by atoms with Gasteiger partial charge in [0.25, 0.3) is 0 Å². The van der Waals surface area contributed by atoms with E-state index in [1.54, 1.807) is 7.11 Å². The smallest absolute Gasteiger partial charge is 0.225 e. The van der Waals surface area contributed by atoms with Crippen LogP contribution >= 0.6 is 0 Å². The topological polar surface area (TPSA) is 50.8 Å². The number of carbonyl (C=O) groups excluding carboxylic acids is 1. The molecule has 0 radical (unpaired) electrons. The van der Waals surface area contributed by atoms with Crippen LogP contribution in [0.15, 0.2) is 24.3 Å². The van der Waals surface area contributed by atoms with Crippen LogP contribution in [0.2, 0.25) is 0 Å². The number of amides is 1. The zero-order chi connectivity index (χ0) is 17.1. The lowest BCUT2D eigenvalue weighted by Crippen LogP contribution is -2.45. The lowest BCUT2D eigenvalue weighted by atomic mass is 9.99. The summed E-state index contributed by atoms with van der Waals surface area (Å²) < 4.78 is 11.3. The SMILES string of the molecule is COc1cccc(CN2C[C@H]3C[C@H](C(=O)NCC(C)C)[C@@H](C2)O3)c1. The number of rotatable bonds is 6. The van der Waals surface area contributed by atoms with Gasteiger partial charge < -0.3 is 14.8 Å². The molecule has 2 saturated heterocycles. The van der Waals surface area contributed by atoms with E-state index in [1.165, 1.54) is 5.56 Å². The van der Waals surface area contributed by atoms with Crippen molar-refractivity contribution in [1.82, 2.24) is 10.2 Å². The summed E-state index contributed by atoms with van der Waals surface area (Å²) in [5.74, 6) is 1.50. The number of nitrogens with one attached hydrogen (secondary N) is 1. The second-order valence-corrected chi connectivity index (χ2v) is 7.32. The molecule has 0 spiro atoms. The van der Waals surface area contributed by atoms with Crippen molar-refractivity contribution in [2.45, 2.75) is 39.0 Å². The second-order valence-electron chi connectivity index (χ2n) is 7.32. The Morgan fingerprint density at radius 3 is 3.00 bits per heavy atom. The van der Waals surface area contributed by atoms with Crippen LogP contribution in [0.3, 0.4) is 0 Å². The van der Waals surface area contributed by atoms with E-state index < -0.39 is 0 Å². The van der Waals surface area contributed by atoms with Gasteiger partial charge in [0.05, 0.1) is 25.2 Å². The fraction of sp³-hybridized carbons (Fsp3) is 0.632. The Morgan fingerprint density at radius 2 is 2.25 bits per heavy atom. The number of morpholine rings is 1. The largest absolute Gasteiger partial charge is 0.497 e. The highest BCUT2D eigenvalue weighted by Crippen LogP contribution is 2.33. The number of fused-ring (bicyclic) bond motifs is 2. The normalized spacial score (nSPS) is 26.6. The van der Waals surface area contributed by atoms with Crippen molar-refractivity contribution in [2.24, 2.45) is 11.8 Å². The molecule has 5 heteroatoms. The Hall–Kier alpha value is -1.59. The van der Waals surface area contributed by atoms with Crippen LogP contribution in [0, 0.1) is 11.8 Å². The molecule has 2 heterocycles. The quantitative estimate of drug-likeness (QED) is 0.866. The van der Waals surface area contributed by atoms with Crippen LogP contribution in [0.25, 0.3) is 0 Å². The average Bonchev–Trinajstić information content (AvgIpc) is 2.87. The highest BCUT2D eigenvalue weighted by molar-refractivity contribution is 5.79. The van der Waals surface area contributed by atoms with E-state index in [1.807, 2.05) is 12.1 Å². The van der Waals surface area contributed by atoms with E-state index >= 15 is 0 Å². The van der Waals surface area contributed by atoms with Crippen molar-refractivity contribution >= 4 is 5.91 Å². The molecule has 132 valence electrons. The van der Waals surface area contributed by atoms with E-state index in [2.05, 4.69) is 36.2 Å². The molecule has 2 aliphatic heterocycles. The first-order valence-electron chi connectivity index (χ1n) is 8.83. The van der Waals surface area contributed by atoms with Crippen molar-refractivity contribution in [3.63, 3.8) is 0 Å². The first-order chi connectivity index (χ1) is 11.5.